The minimum atomic E-state index is -0.309. The van der Waals surface area contributed by atoms with Gasteiger partial charge in [0.15, 0.2) is 0 Å². The second-order valence-electron chi connectivity index (χ2n) is 4.76. The first-order valence-electron chi connectivity index (χ1n) is 6.96. The normalized spacial score (nSPS) is 11.9. The number of hydrogen-bond acceptors (Lipinski definition) is 1. The molecule has 4 heteroatoms. The first kappa shape index (κ1) is 15.5. The number of amides is 2. The summed E-state index contributed by atoms with van der Waals surface area (Å²) < 4.78 is 12.7. The quantitative estimate of drug-likeness (QED) is 0.764. The van der Waals surface area contributed by atoms with E-state index in [0.29, 0.717) is 18.2 Å². The van der Waals surface area contributed by atoms with Crippen molar-refractivity contribution in [1.82, 2.24) is 5.32 Å². The molecule has 0 heterocycles. The van der Waals surface area contributed by atoms with Crippen LogP contribution in [-0.2, 0) is 0 Å². The highest BCUT2D eigenvalue weighted by molar-refractivity contribution is 5.89. The van der Waals surface area contributed by atoms with E-state index in [1.807, 2.05) is 0 Å². The van der Waals surface area contributed by atoms with E-state index in [4.69, 9.17) is 0 Å². The van der Waals surface area contributed by atoms with E-state index in [2.05, 4.69) is 24.5 Å². The van der Waals surface area contributed by atoms with E-state index in [0.717, 1.165) is 12.8 Å². The third kappa shape index (κ3) is 6.22. The first-order valence-corrected chi connectivity index (χ1v) is 6.96. The van der Waals surface area contributed by atoms with Crippen LogP contribution < -0.4 is 10.6 Å². The van der Waals surface area contributed by atoms with Crippen molar-refractivity contribution in [3.63, 3.8) is 0 Å². The van der Waals surface area contributed by atoms with Crippen molar-refractivity contribution in [2.45, 2.75) is 39.5 Å². The summed E-state index contributed by atoms with van der Waals surface area (Å²) in [5.41, 5.74) is 0.598. The zero-order chi connectivity index (χ0) is 14.1. The van der Waals surface area contributed by atoms with Gasteiger partial charge in [0.05, 0.1) is 0 Å². The molecule has 2 amide bonds. The summed E-state index contributed by atoms with van der Waals surface area (Å²) in [7, 11) is 0. The molecule has 0 saturated carbocycles. The monoisotopic (exact) mass is 266 g/mol. The van der Waals surface area contributed by atoms with Crippen LogP contribution in [-0.4, -0.2) is 12.6 Å². The molecule has 2 N–H and O–H groups in total. The van der Waals surface area contributed by atoms with Crippen LogP contribution >= 0.6 is 0 Å². The third-order valence-electron chi connectivity index (χ3n) is 3.20. The highest BCUT2D eigenvalue weighted by Crippen LogP contribution is 2.11. The number of unbranched alkanes of at least 4 members (excludes halogenated alkanes) is 1. The average Bonchev–Trinajstić information content (AvgIpc) is 2.42. The van der Waals surface area contributed by atoms with Crippen molar-refractivity contribution in [2.24, 2.45) is 5.92 Å². The molecule has 0 aliphatic carbocycles. The van der Waals surface area contributed by atoms with Crippen LogP contribution in [0.15, 0.2) is 24.3 Å². The molecular weight excluding hydrogens is 243 g/mol. The molecule has 0 radical (unpaired) electrons. The number of hydrogen-bond donors (Lipinski definition) is 2. The summed E-state index contributed by atoms with van der Waals surface area (Å²) in [4.78, 5) is 11.7. The Kier molecular flexibility index (Phi) is 6.93. The van der Waals surface area contributed by atoms with E-state index < -0.39 is 0 Å². The van der Waals surface area contributed by atoms with Crippen molar-refractivity contribution < 1.29 is 9.18 Å². The maximum absolute atomic E-state index is 12.7. The van der Waals surface area contributed by atoms with Gasteiger partial charge in [-0.1, -0.05) is 33.1 Å². The van der Waals surface area contributed by atoms with E-state index in [1.165, 1.54) is 25.0 Å². The summed E-state index contributed by atoms with van der Waals surface area (Å²) in [5, 5.41) is 5.55. The molecule has 0 spiro atoms. The average molecular weight is 266 g/mol. The fraction of sp³-hybridized carbons (Fsp3) is 0.533. The topological polar surface area (TPSA) is 41.1 Å². The van der Waals surface area contributed by atoms with Gasteiger partial charge >= 0.3 is 6.03 Å². The van der Waals surface area contributed by atoms with Gasteiger partial charge in [0.1, 0.15) is 5.82 Å². The van der Waals surface area contributed by atoms with Gasteiger partial charge in [0.2, 0.25) is 0 Å². The predicted octanol–water partition coefficient (Wildman–Crippen LogP) is 4.16. The lowest BCUT2D eigenvalue weighted by Gasteiger charge is -2.15. The molecule has 0 aliphatic rings. The number of urea groups is 1. The van der Waals surface area contributed by atoms with Gasteiger partial charge in [0, 0.05) is 12.2 Å². The van der Waals surface area contributed by atoms with Gasteiger partial charge in [-0.3, -0.25) is 0 Å². The second-order valence-corrected chi connectivity index (χ2v) is 4.76. The molecule has 1 aromatic rings. The van der Waals surface area contributed by atoms with Gasteiger partial charge in [0.25, 0.3) is 0 Å². The zero-order valence-corrected chi connectivity index (χ0v) is 11.7. The number of carbonyl (C=O) groups is 1. The van der Waals surface area contributed by atoms with Crippen LogP contribution in [0, 0.1) is 11.7 Å². The molecule has 106 valence electrons. The smallest absolute Gasteiger partial charge is 0.319 e. The van der Waals surface area contributed by atoms with Crippen LogP contribution in [0.4, 0.5) is 14.9 Å². The van der Waals surface area contributed by atoms with Gasteiger partial charge in [-0.2, -0.15) is 0 Å². The van der Waals surface area contributed by atoms with Gasteiger partial charge < -0.3 is 10.6 Å². The van der Waals surface area contributed by atoms with Crippen LogP contribution in [0.25, 0.3) is 0 Å². The summed E-state index contributed by atoms with van der Waals surface area (Å²) in [6, 6.07) is 5.51. The molecule has 0 aromatic heterocycles. The van der Waals surface area contributed by atoms with Gasteiger partial charge in [-0.05, 0) is 36.6 Å². The maximum atomic E-state index is 12.7. The molecule has 0 saturated heterocycles. The molecule has 1 aromatic carbocycles. The summed E-state index contributed by atoms with van der Waals surface area (Å²) in [6.45, 7) is 4.99. The Morgan fingerprint density at radius 1 is 1.26 bits per heavy atom. The van der Waals surface area contributed by atoms with Crippen LogP contribution in [0.2, 0.25) is 0 Å². The number of halogens is 1. The lowest BCUT2D eigenvalue weighted by atomic mass is 9.99. The Bertz CT molecular complexity index is 378. The van der Waals surface area contributed by atoms with E-state index in [1.54, 1.807) is 12.1 Å². The van der Waals surface area contributed by atoms with Gasteiger partial charge in [-0.15, -0.1) is 0 Å². The largest absolute Gasteiger partial charge is 0.338 e. The van der Waals surface area contributed by atoms with E-state index in [9.17, 15) is 9.18 Å². The Morgan fingerprint density at radius 3 is 2.53 bits per heavy atom. The van der Waals surface area contributed by atoms with Crippen molar-refractivity contribution in [3.8, 4) is 0 Å². The first-order chi connectivity index (χ1) is 9.15. The van der Waals surface area contributed by atoms with Crippen molar-refractivity contribution in [1.29, 1.82) is 0 Å². The summed E-state index contributed by atoms with van der Waals surface area (Å²) in [5.74, 6) is 0.218. The minimum absolute atomic E-state index is 0.235. The number of rotatable bonds is 7. The molecule has 0 unspecified atom stereocenters. The predicted molar refractivity (Wildman–Crippen MR) is 76.7 cm³/mol. The Labute approximate surface area is 114 Å². The van der Waals surface area contributed by atoms with Crippen LogP contribution in [0.1, 0.15) is 39.5 Å². The Morgan fingerprint density at radius 2 is 1.95 bits per heavy atom. The fourth-order valence-corrected chi connectivity index (χ4v) is 1.89. The second kappa shape index (κ2) is 8.51. The number of carbonyl (C=O) groups excluding carboxylic acids is 1. The van der Waals surface area contributed by atoms with Gasteiger partial charge in [-0.25, -0.2) is 9.18 Å². The minimum Gasteiger partial charge on any atom is -0.338 e. The molecule has 0 aliphatic heterocycles. The van der Waals surface area contributed by atoms with E-state index >= 15 is 0 Å². The molecule has 3 nitrogen and oxygen atoms in total. The molecule has 0 fully saturated rings. The lowest BCUT2D eigenvalue weighted by Crippen LogP contribution is -2.33. The van der Waals surface area contributed by atoms with E-state index in [-0.39, 0.29) is 11.8 Å². The standard InChI is InChI=1S/C15H23FN2O/c1-3-5-6-12(4-2)11-17-15(19)18-14-9-7-13(16)8-10-14/h7-10,12H,3-6,11H2,1-2H3,(H2,17,18,19)/t12-/m1/s1. The number of anilines is 1. The lowest BCUT2D eigenvalue weighted by molar-refractivity contribution is 0.249. The van der Waals surface area contributed by atoms with Crippen molar-refractivity contribution in [2.75, 3.05) is 11.9 Å². The Hall–Kier alpha value is -1.58. The highest BCUT2D eigenvalue weighted by Gasteiger charge is 2.08. The SMILES string of the molecule is CCCC[C@@H](CC)CNC(=O)Nc1ccc(F)cc1. The zero-order valence-electron chi connectivity index (χ0n) is 11.7. The molecular formula is C15H23FN2O. The van der Waals surface area contributed by atoms with Crippen LogP contribution in [0.5, 0.6) is 0 Å². The van der Waals surface area contributed by atoms with Crippen molar-refractivity contribution in [3.05, 3.63) is 30.1 Å². The fourth-order valence-electron chi connectivity index (χ4n) is 1.89. The third-order valence-corrected chi connectivity index (χ3v) is 3.20. The summed E-state index contributed by atoms with van der Waals surface area (Å²) >= 11 is 0. The maximum Gasteiger partial charge on any atom is 0.319 e. The molecule has 1 rings (SSSR count). The molecule has 19 heavy (non-hydrogen) atoms. The molecule has 0 bridgehead atoms. The Balaban J connectivity index is 2.32. The van der Waals surface area contributed by atoms with Crippen molar-refractivity contribution >= 4 is 11.7 Å². The van der Waals surface area contributed by atoms with Crippen LogP contribution in [0.3, 0.4) is 0 Å². The highest BCUT2D eigenvalue weighted by atomic mass is 19.1. The molecule has 1 atom stereocenters. The summed E-state index contributed by atoms with van der Waals surface area (Å²) in [6.07, 6.45) is 4.58. The number of nitrogens with one attached hydrogen (secondary N) is 2. The number of benzene rings is 1.